The van der Waals surface area contributed by atoms with Crippen molar-refractivity contribution in [2.45, 2.75) is 31.7 Å². The Bertz CT molecular complexity index is 411. The number of likely N-dealkylation sites (tertiary alicyclic amines) is 1. The summed E-state index contributed by atoms with van der Waals surface area (Å²) in [4.78, 5) is 37.4. The van der Waals surface area contributed by atoms with Gasteiger partial charge in [-0.2, -0.15) is 0 Å². The molecule has 1 unspecified atom stereocenters. The summed E-state index contributed by atoms with van der Waals surface area (Å²) < 4.78 is 4.71. The lowest BCUT2D eigenvalue weighted by atomic mass is 9.88. The molecule has 0 aromatic rings. The highest BCUT2D eigenvalue weighted by Gasteiger charge is 2.43. The summed E-state index contributed by atoms with van der Waals surface area (Å²) in [6, 6.07) is 0. The van der Waals surface area contributed by atoms with Gasteiger partial charge in [0.15, 0.2) is 0 Å². The molecule has 2 aliphatic heterocycles. The Kier molecular flexibility index (Phi) is 3.75. The molecular formula is C12H18N2O5. The van der Waals surface area contributed by atoms with E-state index in [1.807, 2.05) is 0 Å². The van der Waals surface area contributed by atoms with E-state index in [1.165, 1.54) is 0 Å². The van der Waals surface area contributed by atoms with E-state index in [2.05, 4.69) is 0 Å². The van der Waals surface area contributed by atoms with Crippen LogP contribution in [0.4, 0.5) is 4.79 Å². The van der Waals surface area contributed by atoms with Crippen LogP contribution >= 0.6 is 0 Å². The van der Waals surface area contributed by atoms with Crippen molar-refractivity contribution in [3.63, 3.8) is 0 Å². The van der Waals surface area contributed by atoms with Gasteiger partial charge in [-0.05, 0) is 32.7 Å². The third-order valence-corrected chi connectivity index (χ3v) is 3.89. The van der Waals surface area contributed by atoms with Gasteiger partial charge in [-0.25, -0.2) is 9.69 Å². The molecule has 0 aromatic carbocycles. The van der Waals surface area contributed by atoms with Gasteiger partial charge in [0.1, 0.15) is 12.1 Å². The maximum absolute atomic E-state index is 12.0. The van der Waals surface area contributed by atoms with Gasteiger partial charge in [0.2, 0.25) is 5.91 Å². The van der Waals surface area contributed by atoms with Gasteiger partial charge in [0.05, 0.1) is 13.1 Å². The summed E-state index contributed by atoms with van der Waals surface area (Å²) in [7, 11) is 0. The number of hydrogen-bond acceptors (Lipinski definition) is 5. The van der Waals surface area contributed by atoms with Gasteiger partial charge in [-0.3, -0.25) is 14.5 Å². The monoisotopic (exact) mass is 270 g/mol. The van der Waals surface area contributed by atoms with E-state index in [0.29, 0.717) is 13.0 Å². The van der Waals surface area contributed by atoms with E-state index in [0.717, 1.165) is 17.7 Å². The molecule has 2 heterocycles. The Morgan fingerprint density at radius 3 is 2.68 bits per heavy atom. The lowest BCUT2D eigenvalue weighted by Crippen LogP contribution is -2.58. The maximum Gasteiger partial charge on any atom is 0.416 e. The number of ether oxygens (including phenoxy) is 1. The van der Waals surface area contributed by atoms with E-state index in [-0.39, 0.29) is 19.7 Å². The van der Waals surface area contributed by atoms with Crippen molar-refractivity contribution in [3.8, 4) is 0 Å². The molecular weight excluding hydrogens is 252 g/mol. The van der Waals surface area contributed by atoms with Gasteiger partial charge >= 0.3 is 12.1 Å². The number of carbonyl (C=O) groups excluding carboxylic acids is 2. The fraction of sp³-hybridized carbons (Fsp3) is 0.750. The first-order chi connectivity index (χ1) is 8.95. The normalized spacial score (nSPS) is 28.3. The molecule has 7 heteroatoms. The lowest BCUT2D eigenvalue weighted by molar-refractivity contribution is -0.154. The molecule has 0 radical (unpaired) electrons. The predicted molar refractivity (Wildman–Crippen MR) is 64.5 cm³/mol. The summed E-state index contributed by atoms with van der Waals surface area (Å²) in [5.41, 5.74) is -1.03. The fourth-order valence-electron chi connectivity index (χ4n) is 2.54. The molecule has 0 saturated carbocycles. The van der Waals surface area contributed by atoms with Crippen LogP contribution in [0.2, 0.25) is 0 Å². The molecule has 0 aromatic heterocycles. The minimum atomic E-state index is -1.03. The zero-order valence-electron chi connectivity index (χ0n) is 10.9. The Labute approximate surface area is 111 Å². The Morgan fingerprint density at radius 1 is 1.37 bits per heavy atom. The highest BCUT2D eigenvalue weighted by molar-refractivity contribution is 5.94. The molecule has 2 saturated heterocycles. The molecule has 2 rings (SSSR count). The summed E-state index contributed by atoms with van der Waals surface area (Å²) >= 11 is 0. The first-order valence-corrected chi connectivity index (χ1v) is 6.41. The Morgan fingerprint density at radius 2 is 2.11 bits per heavy atom. The SMILES string of the molecule is CC1(C(=O)O)CCCCN1CC(=O)N1CCOC1=O. The van der Waals surface area contributed by atoms with Crippen LogP contribution in [0.1, 0.15) is 26.2 Å². The first-order valence-electron chi connectivity index (χ1n) is 6.41. The minimum absolute atomic E-state index is 0.0576. The van der Waals surface area contributed by atoms with E-state index < -0.39 is 23.5 Å². The van der Waals surface area contributed by atoms with Crippen molar-refractivity contribution in [2.75, 3.05) is 26.2 Å². The number of imide groups is 1. The quantitative estimate of drug-likeness (QED) is 0.793. The molecule has 106 valence electrons. The van der Waals surface area contributed by atoms with E-state index in [9.17, 15) is 19.5 Å². The number of rotatable bonds is 3. The van der Waals surface area contributed by atoms with E-state index in [4.69, 9.17) is 4.74 Å². The number of carboxylic acid groups (broad SMARTS) is 1. The molecule has 2 amide bonds. The molecule has 19 heavy (non-hydrogen) atoms. The van der Waals surface area contributed by atoms with Crippen molar-refractivity contribution >= 4 is 18.0 Å². The summed E-state index contributed by atoms with van der Waals surface area (Å²) in [5.74, 6) is -1.32. The van der Waals surface area contributed by atoms with Gasteiger partial charge in [-0.1, -0.05) is 0 Å². The summed E-state index contributed by atoms with van der Waals surface area (Å²) in [5, 5.41) is 9.34. The van der Waals surface area contributed by atoms with Crippen LogP contribution in [0.15, 0.2) is 0 Å². The van der Waals surface area contributed by atoms with Gasteiger partial charge in [-0.15, -0.1) is 0 Å². The molecule has 0 bridgehead atoms. The van der Waals surface area contributed by atoms with Gasteiger partial charge < -0.3 is 9.84 Å². The van der Waals surface area contributed by atoms with Crippen LogP contribution in [-0.2, 0) is 14.3 Å². The number of aliphatic carboxylic acids is 1. The standard InChI is InChI=1S/C12H18N2O5/c1-12(10(16)17)4-2-3-5-13(12)8-9(15)14-6-7-19-11(14)18/h2-8H2,1H3,(H,16,17). The van der Waals surface area contributed by atoms with Crippen LogP contribution in [0.3, 0.4) is 0 Å². The smallest absolute Gasteiger partial charge is 0.416 e. The van der Waals surface area contributed by atoms with Gasteiger partial charge in [0, 0.05) is 0 Å². The number of cyclic esters (lactones) is 1. The summed E-state index contributed by atoms with van der Waals surface area (Å²) in [6.45, 7) is 2.58. The second-order valence-corrected chi connectivity index (χ2v) is 5.12. The molecule has 7 nitrogen and oxygen atoms in total. The van der Waals surface area contributed by atoms with Crippen LogP contribution in [0, 0.1) is 0 Å². The topological polar surface area (TPSA) is 87.2 Å². The summed E-state index contributed by atoms with van der Waals surface area (Å²) in [6.07, 6.45) is 1.57. The molecule has 1 atom stereocenters. The third-order valence-electron chi connectivity index (χ3n) is 3.89. The average molecular weight is 270 g/mol. The van der Waals surface area contributed by atoms with Crippen LogP contribution < -0.4 is 0 Å². The average Bonchev–Trinajstić information content (AvgIpc) is 2.78. The predicted octanol–water partition coefficient (Wildman–Crippen LogP) is 0.294. The number of carboxylic acids is 1. The molecule has 0 aliphatic carbocycles. The number of carbonyl (C=O) groups is 3. The van der Waals surface area contributed by atoms with Crippen molar-refractivity contribution in [3.05, 3.63) is 0 Å². The second kappa shape index (κ2) is 5.16. The fourth-order valence-corrected chi connectivity index (χ4v) is 2.54. The number of amides is 2. The highest BCUT2D eigenvalue weighted by Crippen LogP contribution is 2.28. The second-order valence-electron chi connectivity index (χ2n) is 5.12. The minimum Gasteiger partial charge on any atom is -0.480 e. The Hall–Kier alpha value is -1.63. The molecule has 2 aliphatic rings. The highest BCUT2D eigenvalue weighted by atomic mass is 16.6. The number of piperidine rings is 1. The third kappa shape index (κ3) is 2.56. The van der Waals surface area contributed by atoms with E-state index in [1.54, 1.807) is 11.8 Å². The lowest BCUT2D eigenvalue weighted by Gasteiger charge is -2.41. The number of nitrogens with zero attached hydrogens (tertiary/aromatic N) is 2. The van der Waals surface area contributed by atoms with Crippen LogP contribution in [0.5, 0.6) is 0 Å². The van der Waals surface area contributed by atoms with Gasteiger partial charge in [0.25, 0.3) is 0 Å². The van der Waals surface area contributed by atoms with Crippen LogP contribution in [0.25, 0.3) is 0 Å². The van der Waals surface area contributed by atoms with Crippen molar-refractivity contribution in [1.82, 2.24) is 9.80 Å². The number of hydrogen-bond donors (Lipinski definition) is 1. The largest absolute Gasteiger partial charge is 0.480 e. The maximum atomic E-state index is 12.0. The Balaban J connectivity index is 2.05. The zero-order valence-corrected chi connectivity index (χ0v) is 10.9. The molecule has 0 spiro atoms. The van der Waals surface area contributed by atoms with Crippen LogP contribution in [-0.4, -0.2) is 64.7 Å². The van der Waals surface area contributed by atoms with E-state index >= 15 is 0 Å². The molecule has 1 N–H and O–H groups in total. The zero-order chi connectivity index (χ0) is 14.0. The van der Waals surface area contributed by atoms with Crippen molar-refractivity contribution in [2.24, 2.45) is 0 Å². The molecule has 2 fully saturated rings. The van der Waals surface area contributed by atoms with Crippen molar-refractivity contribution in [1.29, 1.82) is 0 Å². The van der Waals surface area contributed by atoms with Crippen molar-refractivity contribution < 1.29 is 24.2 Å². The first kappa shape index (κ1) is 13.8.